The van der Waals surface area contributed by atoms with Crippen LogP contribution in [0.1, 0.15) is 37.9 Å². The molecule has 0 atom stereocenters. The Hall–Kier alpha value is -2.74. The molecular weight excluding hydrogens is 513 g/mol. The van der Waals surface area contributed by atoms with Crippen molar-refractivity contribution in [1.82, 2.24) is 14.7 Å². The van der Waals surface area contributed by atoms with Crippen molar-refractivity contribution in [1.29, 1.82) is 0 Å². The normalized spacial score (nSPS) is 16.6. The number of esters is 1. The third-order valence-corrected chi connectivity index (χ3v) is 7.61. The van der Waals surface area contributed by atoms with E-state index in [0.29, 0.717) is 38.1 Å². The molecule has 9 heteroatoms. The monoisotopic (exact) mass is 543 g/mol. The Morgan fingerprint density at radius 2 is 2.03 bits per heavy atom. The van der Waals surface area contributed by atoms with E-state index in [1.54, 1.807) is 0 Å². The number of alkyl halides is 1. The molecule has 0 aliphatic carbocycles. The van der Waals surface area contributed by atoms with Gasteiger partial charge in [-0.15, -0.1) is 11.6 Å². The summed E-state index contributed by atoms with van der Waals surface area (Å²) in [6, 6.07) is 12.2. The fourth-order valence-electron chi connectivity index (χ4n) is 4.93. The van der Waals surface area contributed by atoms with Crippen LogP contribution in [0.4, 0.5) is 0 Å². The van der Waals surface area contributed by atoms with E-state index < -0.39 is 5.41 Å². The molecule has 0 radical (unpaired) electrons. The number of halogens is 2. The highest BCUT2D eigenvalue weighted by atomic mass is 35.5. The Bertz CT molecular complexity index is 1340. The molecule has 5 rings (SSSR count). The van der Waals surface area contributed by atoms with Crippen molar-refractivity contribution in [3.05, 3.63) is 58.3 Å². The van der Waals surface area contributed by atoms with Crippen molar-refractivity contribution in [2.75, 3.05) is 38.7 Å². The summed E-state index contributed by atoms with van der Waals surface area (Å²) in [5.74, 6) is 1.60. The van der Waals surface area contributed by atoms with Gasteiger partial charge in [0.1, 0.15) is 30.1 Å². The first-order chi connectivity index (χ1) is 17.8. The van der Waals surface area contributed by atoms with Gasteiger partial charge >= 0.3 is 5.97 Å². The van der Waals surface area contributed by atoms with Crippen molar-refractivity contribution < 1.29 is 19.0 Å². The van der Waals surface area contributed by atoms with Gasteiger partial charge in [0.05, 0.1) is 12.1 Å². The zero-order chi connectivity index (χ0) is 26.2. The molecule has 196 valence electrons. The second kappa shape index (κ2) is 10.6. The van der Waals surface area contributed by atoms with E-state index in [4.69, 9.17) is 37.4 Å². The maximum absolute atomic E-state index is 12.3. The summed E-state index contributed by atoms with van der Waals surface area (Å²) in [7, 11) is 0. The molecule has 0 saturated carbocycles. The Kier molecular flexibility index (Phi) is 7.39. The van der Waals surface area contributed by atoms with E-state index in [-0.39, 0.29) is 17.9 Å². The third-order valence-electron chi connectivity index (χ3n) is 6.82. The highest BCUT2D eigenvalue weighted by molar-refractivity contribution is 6.34. The summed E-state index contributed by atoms with van der Waals surface area (Å²) >= 11 is 12.5. The quantitative estimate of drug-likeness (QED) is 0.253. The van der Waals surface area contributed by atoms with Gasteiger partial charge in [-0.3, -0.25) is 14.4 Å². The van der Waals surface area contributed by atoms with Crippen LogP contribution in [0.15, 0.2) is 42.0 Å². The molecule has 0 spiro atoms. The lowest BCUT2D eigenvalue weighted by Gasteiger charge is -2.47. The number of carbonyl (C=O) groups excluding carboxylic acids is 1. The highest BCUT2D eigenvalue weighted by Crippen LogP contribution is 2.36. The first-order valence-electron chi connectivity index (χ1n) is 12.5. The molecular formula is C28H31Cl2N3O4. The lowest BCUT2D eigenvalue weighted by Crippen LogP contribution is -2.62. The van der Waals surface area contributed by atoms with Gasteiger partial charge in [-0.25, -0.2) is 0 Å². The molecule has 3 heterocycles. The van der Waals surface area contributed by atoms with Crippen LogP contribution in [0, 0.1) is 5.41 Å². The molecule has 7 nitrogen and oxygen atoms in total. The minimum atomic E-state index is -0.595. The van der Waals surface area contributed by atoms with Crippen LogP contribution < -0.4 is 9.47 Å². The number of hydrogen-bond donors (Lipinski definition) is 0. The molecule has 3 aromatic rings. The van der Waals surface area contributed by atoms with E-state index in [9.17, 15) is 4.79 Å². The third kappa shape index (κ3) is 5.17. The van der Waals surface area contributed by atoms with E-state index in [2.05, 4.69) is 29.9 Å². The second-order valence-electron chi connectivity index (χ2n) is 10.0. The Labute approximate surface area is 226 Å². The van der Waals surface area contributed by atoms with Gasteiger partial charge in [-0.2, -0.15) is 5.10 Å². The summed E-state index contributed by atoms with van der Waals surface area (Å²) in [5, 5.41) is 5.88. The summed E-state index contributed by atoms with van der Waals surface area (Å²) in [4.78, 5) is 14.5. The van der Waals surface area contributed by atoms with Crippen molar-refractivity contribution in [2.24, 2.45) is 5.41 Å². The number of hydrogen-bond acceptors (Lipinski definition) is 6. The summed E-state index contributed by atoms with van der Waals surface area (Å²) in [5.41, 5.74) is 3.60. The van der Waals surface area contributed by atoms with Gasteiger partial charge in [-0.05, 0) is 62.2 Å². The summed E-state index contributed by atoms with van der Waals surface area (Å²) in [6.07, 6.45) is 2.15. The molecule has 0 bridgehead atoms. The number of fused-ring (bicyclic) bond motifs is 2. The zero-order valence-corrected chi connectivity index (χ0v) is 22.8. The highest BCUT2D eigenvalue weighted by Gasteiger charge is 2.49. The van der Waals surface area contributed by atoms with Crippen LogP contribution in [0.5, 0.6) is 11.5 Å². The molecule has 0 unspecified atom stereocenters. The first-order valence-corrected chi connectivity index (χ1v) is 13.4. The number of benzene rings is 2. The standard InChI is InChI=1S/C28H31Cl2N3O4/c1-4-35-27(34)28(15-29)16-32(17-28)12-20-9-21-6-7-22(11-25(21)37-14-20)36-13-19-5-8-24-23(10-19)26(30)31-33(24)18(2)3/h5-11,18H,4,12-17H2,1-3H3. The van der Waals surface area contributed by atoms with Crippen LogP contribution in [-0.2, 0) is 16.1 Å². The van der Waals surface area contributed by atoms with Crippen molar-refractivity contribution in [3.63, 3.8) is 0 Å². The fraction of sp³-hybridized carbons (Fsp3) is 0.429. The Morgan fingerprint density at radius 1 is 1.22 bits per heavy atom. The van der Waals surface area contributed by atoms with Crippen LogP contribution in [0.25, 0.3) is 17.0 Å². The van der Waals surface area contributed by atoms with Crippen molar-refractivity contribution in [3.8, 4) is 11.5 Å². The summed E-state index contributed by atoms with van der Waals surface area (Å²) < 4.78 is 19.2. The maximum atomic E-state index is 12.3. The number of nitrogens with zero attached hydrogens (tertiary/aromatic N) is 3. The summed E-state index contributed by atoms with van der Waals surface area (Å²) in [6.45, 7) is 9.18. The van der Waals surface area contributed by atoms with E-state index in [1.807, 2.05) is 48.0 Å². The van der Waals surface area contributed by atoms with Gasteiger partial charge in [0.15, 0.2) is 5.15 Å². The van der Waals surface area contributed by atoms with Crippen LogP contribution >= 0.6 is 23.2 Å². The predicted octanol–water partition coefficient (Wildman–Crippen LogP) is 5.73. The molecule has 2 aliphatic heterocycles. The zero-order valence-electron chi connectivity index (χ0n) is 21.3. The Balaban J connectivity index is 1.20. The number of aromatic nitrogens is 2. The van der Waals surface area contributed by atoms with Crippen molar-refractivity contribution >= 4 is 46.2 Å². The smallest absolute Gasteiger partial charge is 0.315 e. The molecule has 0 amide bonds. The average Bonchev–Trinajstić information content (AvgIpc) is 3.20. The number of rotatable bonds is 9. The Morgan fingerprint density at radius 3 is 2.76 bits per heavy atom. The van der Waals surface area contributed by atoms with Crippen LogP contribution in [0.2, 0.25) is 5.15 Å². The molecule has 1 saturated heterocycles. The van der Waals surface area contributed by atoms with Crippen molar-refractivity contribution in [2.45, 2.75) is 33.4 Å². The number of carbonyl (C=O) groups is 1. The van der Waals surface area contributed by atoms with Gasteiger partial charge in [0.2, 0.25) is 0 Å². The molecule has 2 aromatic carbocycles. The van der Waals surface area contributed by atoms with Crippen LogP contribution in [0.3, 0.4) is 0 Å². The number of likely N-dealkylation sites (tertiary alicyclic amines) is 1. The molecule has 0 N–H and O–H groups in total. The molecule has 37 heavy (non-hydrogen) atoms. The fourth-order valence-corrected chi connectivity index (χ4v) is 5.44. The van der Waals surface area contributed by atoms with Gasteiger partial charge in [0, 0.05) is 48.6 Å². The maximum Gasteiger partial charge on any atom is 0.315 e. The minimum Gasteiger partial charge on any atom is -0.489 e. The van der Waals surface area contributed by atoms with Crippen LogP contribution in [-0.4, -0.2) is 59.4 Å². The van der Waals surface area contributed by atoms with E-state index >= 15 is 0 Å². The van der Waals surface area contributed by atoms with E-state index in [1.165, 1.54) is 0 Å². The first kappa shape index (κ1) is 25.9. The minimum absolute atomic E-state index is 0.207. The van der Waals surface area contributed by atoms with Gasteiger partial charge < -0.3 is 14.2 Å². The lowest BCUT2D eigenvalue weighted by molar-refractivity contribution is -0.164. The largest absolute Gasteiger partial charge is 0.489 e. The van der Waals surface area contributed by atoms with Gasteiger partial charge in [0.25, 0.3) is 0 Å². The molecule has 2 aliphatic rings. The molecule has 1 aromatic heterocycles. The second-order valence-corrected chi connectivity index (χ2v) is 10.7. The van der Waals surface area contributed by atoms with Gasteiger partial charge in [-0.1, -0.05) is 17.7 Å². The lowest BCUT2D eigenvalue weighted by atomic mass is 9.81. The van der Waals surface area contributed by atoms with E-state index in [0.717, 1.165) is 45.6 Å². The number of ether oxygens (including phenoxy) is 3. The average molecular weight is 544 g/mol. The SMILES string of the molecule is CCOC(=O)C1(CCl)CN(CC2=Cc3ccc(OCc4ccc5c(c4)c(Cl)nn5C(C)C)cc3OC2)C1. The predicted molar refractivity (Wildman–Crippen MR) is 146 cm³/mol. The molecule has 1 fully saturated rings. The topological polar surface area (TPSA) is 65.8 Å².